The van der Waals surface area contributed by atoms with E-state index in [1.54, 1.807) is 13.8 Å². The molecule has 0 aliphatic carbocycles. The van der Waals surface area contributed by atoms with Crippen LogP contribution in [0, 0.1) is 24.0 Å². The van der Waals surface area contributed by atoms with Crippen LogP contribution in [-0.2, 0) is 10.0 Å². The number of hydrazine groups is 1. The van der Waals surface area contributed by atoms with Gasteiger partial charge < -0.3 is 4.42 Å². The molecular weight excluding hydrogens is 326 g/mol. The quantitative estimate of drug-likeness (QED) is 0.625. The molecular formula is C13H13N3O6S. The number of para-hydroxylation sites is 1. The predicted octanol–water partition coefficient (Wildman–Crippen LogP) is 1.43. The molecule has 2 aromatic rings. The zero-order valence-corrected chi connectivity index (χ0v) is 13.0. The van der Waals surface area contributed by atoms with Crippen LogP contribution >= 0.6 is 0 Å². The van der Waals surface area contributed by atoms with Crippen LogP contribution in [0.3, 0.4) is 0 Å². The number of benzene rings is 1. The van der Waals surface area contributed by atoms with E-state index in [4.69, 9.17) is 4.42 Å². The Balaban J connectivity index is 2.21. The molecule has 9 nitrogen and oxygen atoms in total. The van der Waals surface area contributed by atoms with Gasteiger partial charge in [0.2, 0.25) is 0 Å². The molecule has 1 aromatic heterocycles. The zero-order chi connectivity index (χ0) is 17.2. The Morgan fingerprint density at radius 3 is 2.48 bits per heavy atom. The molecule has 2 rings (SSSR count). The minimum absolute atomic E-state index is 0.160. The molecule has 0 saturated carbocycles. The Kier molecular flexibility index (Phi) is 4.48. The lowest BCUT2D eigenvalue weighted by Crippen LogP contribution is -2.41. The molecule has 122 valence electrons. The molecule has 0 bridgehead atoms. The van der Waals surface area contributed by atoms with E-state index in [0.29, 0.717) is 11.5 Å². The summed E-state index contributed by atoms with van der Waals surface area (Å²) >= 11 is 0. The van der Waals surface area contributed by atoms with Crippen LogP contribution in [0.2, 0.25) is 0 Å². The Bertz CT molecular complexity index is 872. The zero-order valence-electron chi connectivity index (χ0n) is 12.2. The Morgan fingerprint density at radius 1 is 1.26 bits per heavy atom. The lowest BCUT2D eigenvalue weighted by atomic mass is 10.2. The van der Waals surface area contributed by atoms with Gasteiger partial charge in [-0.05, 0) is 26.0 Å². The normalized spacial score (nSPS) is 11.2. The van der Waals surface area contributed by atoms with Crippen molar-refractivity contribution in [1.29, 1.82) is 0 Å². The van der Waals surface area contributed by atoms with Crippen molar-refractivity contribution in [1.82, 2.24) is 10.3 Å². The van der Waals surface area contributed by atoms with Crippen LogP contribution in [0.5, 0.6) is 0 Å². The fourth-order valence-electron chi connectivity index (χ4n) is 1.93. The Hall–Kier alpha value is -2.72. The first-order valence-corrected chi connectivity index (χ1v) is 7.83. The number of amides is 1. The van der Waals surface area contributed by atoms with Crippen LogP contribution in [-0.4, -0.2) is 19.2 Å². The average molecular weight is 339 g/mol. The fourth-order valence-corrected chi connectivity index (χ4v) is 2.94. The molecule has 0 spiro atoms. The maximum atomic E-state index is 12.1. The van der Waals surface area contributed by atoms with Crippen LogP contribution in [0.15, 0.2) is 39.6 Å². The maximum Gasteiger partial charge on any atom is 0.289 e. The SMILES string of the molecule is Cc1cc(C(=O)NNS(=O)(=O)c2ccccc2[N+](=O)[O-])c(C)o1. The number of nitrogens with one attached hydrogen (secondary N) is 2. The standard InChI is InChI=1S/C13H13N3O6S/c1-8-7-10(9(2)22-8)13(17)14-15-23(20,21)12-6-4-3-5-11(12)16(18)19/h3-7,15H,1-2H3,(H,14,17). The molecule has 0 atom stereocenters. The number of sulfonamides is 1. The number of furan rings is 1. The van der Waals surface area contributed by atoms with E-state index in [-0.39, 0.29) is 5.56 Å². The molecule has 10 heteroatoms. The van der Waals surface area contributed by atoms with E-state index in [1.165, 1.54) is 18.2 Å². The second kappa shape index (κ2) is 6.18. The highest BCUT2D eigenvalue weighted by Crippen LogP contribution is 2.22. The maximum absolute atomic E-state index is 12.1. The van der Waals surface area contributed by atoms with Gasteiger partial charge in [0, 0.05) is 6.07 Å². The van der Waals surface area contributed by atoms with Crippen molar-refractivity contribution in [2.24, 2.45) is 0 Å². The lowest BCUT2D eigenvalue weighted by Gasteiger charge is -2.08. The van der Waals surface area contributed by atoms with E-state index in [2.05, 4.69) is 0 Å². The monoisotopic (exact) mass is 339 g/mol. The van der Waals surface area contributed by atoms with Gasteiger partial charge in [-0.3, -0.25) is 20.3 Å². The van der Waals surface area contributed by atoms with Crippen molar-refractivity contribution in [2.75, 3.05) is 0 Å². The highest BCUT2D eigenvalue weighted by molar-refractivity contribution is 7.89. The fraction of sp³-hybridized carbons (Fsp3) is 0.154. The van der Waals surface area contributed by atoms with Crippen molar-refractivity contribution in [2.45, 2.75) is 18.7 Å². The Morgan fingerprint density at radius 2 is 1.91 bits per heavy atom. The molecule has 23 heavy (non-hydrogen) atoms. The van der Waals surface area contributed by atoms with Crippen molar-refractivity contribution in [3.05, 3.63) is 57.5 Å². The molecule has 1 aromatic carbocycles. The summed E-state index contributed by atoms with van der Waals surface area (Å²) in [5.74, 6) is 0.0839. The van der Waals surface area contributed by atoms with Crippen molar-refractivity contribution in [3.63, 3.8) is 0 Å². The number of carbonyl (C=O) groups is 1. The van der Waals surface area contributed by atoms with E-state index >= 15 is 0 Å². The molecule has 2 N–H and O–H groups in total. The number of nitro groups is 1. The van der Waals surface area contributed by atoms with Gasteiger partial charge in [0.25, 0.3) is 21.6 Å². The first-order chi connectivity index (χ1) is 10.7. The van der Waals surface area contributed by atoms with Crippen molar-refractivity contribution >= 4 is 21.6 Å². The predicted molar refractivity (Wildman–Crippen MR) is 79.1 cm³/mol. The summed E-state index contributed by atoms with van der Waals surface area (Å²) in [6.45, 7) is 3.19. The third-order valence-electron chi connectivity index (χ3n) is 2.94. The molecule has 1 amide bonds. The molecule has 0 aliphatic rings. The third-order valence-corrected chi connectivity index (χ3v) is 4.23. The Labute approximate surface area is 131 Å². The van der Waals surface area contributed by atoms with Gasteiger partial charge >= 0.3 is 0 Å². The number of hydrogen-bond donors (Lipinski definition) is 2. The van der Waals surface area contributed by atoms with E-state index in [9.17, 15) is 23.3 Å². The number of hydrogen-bond acceptors (Lipinski definition) is 6. The smallest absolute Gasteiger partial charge is 0.289 e. The first-order valence-electron chi connectivity index (χ1n) is 6.35. The van der Waals surface area contributed by atoms with Gasteiger partial charge in [-0.2, -0.15) is 0 Å². The van der Waals surface area contributed by atoms with Crippen LogP contribution in [0.1, 0.15) is 21.9 Å². The van der Waals surface area contributed by atoms with Crippen LogP contribution in [0.4, 0.5) is 5.69 Å². The summed E-state index contributed by atoms with van der Waals surface area (Å²) < 4.78 is 29.4. The van der Waals surface area contributed by atoms with E-state index in [1.807, 2.05) is 10.3 Å². The summed E-state index contributed by atoms with van der Waals surface area (Å²) in [6, 6.07) is 6.25. The topological polar surface area (TPSA) is 132 Å². The summed E-state index contributed by atoms with van der Waals surface area (Å²) in [5, 5.41) is 10.9. The number of carbonyl (C=O) groups excluding carboxylic acids is 1. The summed E-state index contributed by atoms with van der Waals surface area (Å²) in [4.78, 5) is 23.3. The van der Waals surface area contributed by atoms with Crippen LogP contribution in [0.25, 0.3) is 0 Å². The average Bonchev–Trinajstić information content (AvgIpc) is 2.83. The van der Waals surface area contributed by atoms with Gasteiger partial charge in [0.1, 0.15) is 11.5 Å². The highest BCUT2D eigenvalue weighted by Gasteiger charge is 2.26. The van der Waals surface area contributed by atoms with E-state index in [0.717, 1.165) is 12.1 Å². The first kappa shape index (κ1) is 16.6. The summed E-state index contributed by atoms with van der Waals surface area (Å²) in [6.07, 6.45) is 0. The number of nitrogens with zero attached hydrogens (tertiary/aromatic N) is 1. The van der Waals surface area contributed by atoms with Gasteiger partial charge in [0.05, 0.1) is 10.5 Å². The van der Waals surface area contributed by atoms with Crippen molar-refractivity contribution < 1.29 is 22.6 Å². The minimum Gasteiger partial charge on any atom is -0.466 e. The van der Waals surface area contributed by atoms with Gasteiger partial charge in [-0.25, -0.2) is 8.42 Å². The van der Waals surface area contributed by atoms with Gasteiger partial charge in [0.15, 0.2) is 4.90 Å². The molecule has 0 unspecified atom stereocenters. The summed E-state index contributed by atoms with van der Waals surface area (Å²) in [7, 11) is -4.30. The molecule has 0 aliphatic heterocycles. The molecule has 0 radical (unpaired) electrons. The van der Waals surface area contributed by atoms with Crippen molar-refractivity contribution in [3.8, 4) is 0 Å². The summed E-state index contributed by atoms with van der Waals surface area (Å²) in [5.41, 5.74) is 1.57. The number of nitro benzene ring substituents is 1. The largest absolute Gasteiger partial charge is 0.466 e. The van der Waals surface area contributed by atoms with Gasteiger partial charge in [-0.1, -0.05) is 12.1 Å². The lowest BCUT2D eigenvalue weighted by molar-refractivity contribution is -0.387. The molecule has 1 heterocycles. The third kappa shape index (κ3) is 3.55. The van der Waals surface area contributed by atoms with E-state index < -0.39 is 31.4 Å². The molecule has 0 fully saturated rings. The van der Waals surface area contributed by atoms with Gasteiger partial charge in [-0.15, -0.1) is 4.83 Å². The minimum atomic E-state index is -4.30. The number of rotatable bonds is 5. The molecule has 0 saturated heterocycles. The second-order valence-corrected chi connectivity index (χ2v) is 6.26. The number of aryl methyl sites for hydroxylation is 2. The highest BCUT2D eigenvalue weighted by atomic mass is 32.2. The second-order valence-electron chi connectivity index (χ2n) is 4.61. The van der Waals surface area contributed by atoms with Crippen LogP contribution < -0.4 is 10.3 Å².